The van der Waals surface area contributed by atoms with Gasteiger partial charge in [0.2, 0.25) is 17.7 Å². The molecule has 0 saturated carbocycles. The number of carbonyl (C=O) groups excluding carboxylic acids is 3. The van der Waals surface area contributed by atoms with Crippen LogP contribution in [0.15, 0.2) is 35.3 Å². The molecule has 0 spiro atoms. The number of imide groups is 1. The van der Waals surface area contributed by atoms with Gasteiger partial charge in [-0.15, -0.1) is 0 Å². The second kappa shape index (κ2) is 7.97. The van der Waals surface area contributed by atoms with Crippen molar-refractivity contribution in [3.63, 3.8) is 0 Å². The Morgan fingerprint density at radius 2 is 1.82 bits per heavy atom. The quantitative estimate of drug-likeness (QED) is 0.162. The minimum Gasteiger partial charge on any atom is -0.370 e. The lowest BCUT2D eigenvalue weighted by Gasteiger charge is -2.31. The highest BCUT2D eigenvalue weighted by atomic mass is 16.2. The van der Waals surface area contributed by atoms with Gasteiger partial charge in [-0.1, -0.05) is 30.3 Å². The Kier molecular flexibility index (Phi) is 5.64. The lowest BCUT2D eigenvalue weighted by Crippen LogP contribution is -2.59. The van der Waals surface area contributed by atoms with E-state index in [1.165, 1.54) is 0 Å². The van der Waals surface area contributed by atoms with E-state index in [2.05, 4.69) is 15.6 Å². The number of aliphatic imine (C=N–C) groups is 1. The van der Waals surface area contributed by atoms with Crippen molar-refractivity contribution in [2.45, 2.75) is 37.3 Å². The van der Waals surface area contributed by atoms with E-state index in [9.17, 15) is 14.4 Å². The van der Waals surface area contributed by atoms with Crippen molar-refractivity contribution in [2.75, 3.05) is 6.54 Å². The van der Waals surface area contributed by atoms with E-state index in [-0.39, 0.29) is 24.3 Å². The predicted octanol–water partition coefficient (Wildman–Crippen LogP) is -1.24. The van der Waals surface area contributed by atoms with Crippen LogP contribution in [0, 0.1) is 11.8 Å². The van der Waals surface area contributed by atoms with E-state index in [1.54, 1.807) is 0 Å². The Hall–Kier alpha value is -2.94. The Morgan fingerprint density at radius 1 is 1.11 bits per heavy atom. The number of carbonyl (C=O) groups is 3. The molecule has 8 N–H and O–H groups in total. The summed E-state index contributed by atoms with van der Waals surface area (Å²) in [6, 6.07) is 9.51. The van der Waals surface area contributed by atoms with Crippen molar-refractivity contribution < 1.29 is 14.4 Å². The highest BCUT2D eigenvalue weighted by Gasteiger charge is 2.64. The summed E-state index contributed by atoms with van der Waals surface area (Å²) in [7, 11) is 0. The standard InChI is InChI=1S/C19H26N6O3/c20-17(28)19(9-4-10-23-18(21)22)14-13(15(26)24-16(14)27)12(25-19)8-7-11-5-2-1-3-6-11/h1-3,5-6,12-14,25H,4,7-10H2,(H2,20,28)(H4,21,22,23)(H,24,26,27). The molecule has 0 bridgehead atoms. The number of nitrogens with one attached hydrogen (secondary N) is 2. The molecule has 0 aromatic heterocycles. The fourth-order valence-electron chi connectivity index (χ4n) is 4.41. The van der Waals surface area contributed by atoms with Crippen LogP contribution in [0.1, 0.15) is 24.8 Å². The maximum Gasteiger partial charge on any atom is 0.238 e. The molecular weight excluding hydrogens is 360 g/mol. The summed E-state index contributed by atoms with van der Waals surface area (Å²) >= 11 is 0. The number of fused-ring (bicyclic) bond motifs is 1. The summed E-state index contributed by atoms with van der Waals surface area (Å²) in [6.07, 6.45) is 2.04. The average molecular weight is 386 g/mol. The number of guanidine groups is 1. The second-order valence-electron chi connectivity index (χ2n) is 7.38. The molecule has 150 valence electrons. The molecule has 3 rings (SSSR count). The van der Waals surface area contributed by atoms with E-state index in [0.717, 1.165) is 5.56 Å². The van der Waals surface area contributed by atoms with Crippen LogP contribution in [0.5, 0.6) is 0 Å². The molecule has 1 aromatic rings. The zero-order valence-corrected chi connectivity index (χ0v) is 15.6. The molecule has 4 atom stereocenters. The highest BCUT2D eigenvalue weighted by molar-refractivity contribution is 6.09. The summed E-state index contributed by atoms with van der Waals surface area (Å²) in [5, 5.41) is 5.63. The number of benzene rings is 1. The third-order valence-electron chi connectivity index (χ3n) is 5.65. The number of nitrogens with two attached hydrogens (primary N) is 3. The van der Waals surface area contributed by atoms with E-state index in [0.29, 0.717) is 25.8 Å². The smallest absolute Gasteiger partial charge is 0.238 e. The topological polar surface area (TPSA) is 166 Å². The summed E-state index contributed by atoms with van der Waals surface area (Å²) in [6.45, 7) is 0.306. The van der Waals surface area contributed by atoms with Gasteiger partial charge in [0.25, 0.3) is 0 Å². The van der Waals surface area contributed by atoms with E-state index < -0.39 is 29.2 Å². The maximum absolute atomic E-state index is 12.5. The fourth-order valence-corrected chi connectivity index (χ4v) is 4.41. The molecule has 4 unspecified atom stereocenters. The number of hydrogen-bond acceptors (Lipinski definition) is 5. The SMILES string of the molecule is NC(=O)C1(CCCN=C(N)N)NC(CCc2ccccc2)C2C(=O)NC(=O)C21. The first-order valence-electron chi connectivity index (χ1n) is 9.37. The van der Waals surface area contributed by atoms with Gasteiger partial charge < -0.3 is 17.2 Å². The first-order valence-corrected chi connectivity index (χ1v) is 9.37. The molecule has 2 fully saturated rings. The van der Waals surface area contributed by atoms with E-state index in [4.69, 9.17) is 17.2 Å². The van der Waals surface area contributed by atoms with Crippen molar-refractivity contribution in [1.82, 2.24) is 10.6 Å². The van der Waals surface area contributed by atoms with Crippen LogP contribution < -0.4 is 27.8 Å². The molecule has 2 aliphatic heterocycles. The molecule has 28 heavy (non-hydrogen) atoms. The maximum atomic E-state index is 12.5. The number of nitrogens with zero attached hydrogens (tertiary/aromatic N) is 1. The van der Waals surface area contributed by atoms with E-state index >= 15 is 0 Å². The molecule has 2 saturated heterocycles. The van der Waals surface area contributed by atoms with Gasteiger partial charge in [-0.3, -0.25) is 30.0 Å². The van der Waals surface area contributed by atoms with Crippen molar-refractivity contribution >= 4 is 23.7 Å². The van der Waals surface area contributed by atoms with Crippen LogP contribution in [0.3, 0.4) is 0 Å². The van der Waals surface area contributed by atoms with Crippen molar-refractivity contribution in [2.24, 2.45) is 34.0 Å². The van der Waals surface area contributed by atoms with Crippen molar-refractivity contribution in [3.8, 4) is 0 Å². The van der Waals surface area contributed by atoms with Gasteiger partial charge in [-0.2, -0.15) is 0 Å². The van der Waals surface area contributed by atoms with Crippen molar-refractivity contribution in [1.29, 1.82) is 0 Å². The van der Waals surface area contributed by atoms with Crippen molar-refractivity contribution in [3.05, 3.63) is 35.9 Å². The van der Waals surface area contributed by atoms with Gasteiger partial charge >= 0.3 is 0 Å². The van der Waals surface area contributed by atoms with E-state index in [1.807, 2.05) is 30.3 Å². The molecule has 2 aliphatic rings. The van der Waals surface area contributed by atoms with Gasteiger partial charge in [0.15, 0.2) is 5.96 Å². The minimum atomic E-state index is -1.29. The monoisotopic (exact) mass is 386 g/mol. The average Bonchev–Trinajstić information content (AvgIpc) is 3.15. The van der Waals surface area contributed by atoms with Gasteiger partial charge in [-0.05, 0) is 31.2 Å². The Bertz CT molecular complexity index is 792. The summed E-state index contributed by atoms with van der Waals surface area (Å²) in [5.41, 5.74) is 16.2. The molecule has 3 amide bonds. The zero-order chi connectivity index (χ0) is 20.3. The van der Waals surface area contributed by atoms with Crippen LogP contribution in [0.4, 0.5) is 0 Å². The third kappa shape index (κ3) is 3.70. The first-order chi connectivity index (χ1) is 13.3. The number of hydrogen-bond donors (Lipinski definition) is 5. The number of primary amides is 1. The third-order valence-corrected chi connectivity index (χ3v) is 5.65. The van der Waals surface area contributed by atoms with Crippen LogP contribution in [-0.2, 0) is 20.8 Å². The lowest BCUT2D eigenvalue weighted by atomic mass is 9.76. The normalized spacial score (nSPS) is 28.6. The Balaban J connectivity index is 1.81. The molecule has 0 aliphatic carbocycles. The summed E-state index contributed by atoms with van der Waals surface area (Å²) < 4.78 is 0. The summed E-state index contributed by atoms with van der Waals surface area (Å²) in [5.74, 6) is -2.93. The molecule has 9 nitrogen and oxygen atoms in total. The minimum absolute atomic E-state index is 0.0418. The number of aryl methyl sites for hydroxylation is 1. The predicted molar refractivity (Wildman–Crippen MR) is 104 cm³/mol. The molecular formula is C19H26N6O3. The van der Waals surface area contributed by atoms with Gasteiger partial charge in [0.05, 0.1) is 11.8 Å². The van der Waals surface area contributed by atoms with Gasteiger partial charge in [-0.25, -0.2) is 0 Å². The fraction of sp³-hybridized carbons (Fsp3) is 0.474. The molecule has 2 heterocycles. The van der Waals surface area contributed by atoms with Crippen LogP contribution in [0.25, 0.3) is 0 Å². The Morgan fingerprint density at radius 3 is 2.46 bits per heavy atom. The Labute approximate surface area is 163 Å². The zero-order valence-electron chi connectivity index (χ0n) is 15.6. The lowest BCUT2D eigenvalue weighted by molar-refractivity contribution is -0.133. The second-order valence-corrected chi connectivity index (χ2v) is 7.38. The van der Waals surface area contributed by atoms with Crippen LogP contribution in [-0.4, -0.2) is 41.8 Å². The number of amides is 3. The first kappa shape index (κ1) is 19.8. The molecule has 1 aromatic carbocycles. The van der Waals surface area contributed by atoms with Gasteiger partial charge in [0.1, 0.15) is 5.54 Å². The van der Waals surface area contributed by atoms with Crippen LogP contribution >= 0.6 is 0 Å². The largest absolute Gasteiger partial charge is 0.370 e. The van der Waals surface area contributed by atoms with Gasteiger partial charge in [0, 0.05) is 12.6 Å². The molecule has 0 radical (unpaired) electrons. The number of rotatable bonds is 8. The summed E-state index contributed by atoms with van der Waals surface area (Å²) in [4.78, 5) is 41.3. The molecule has 9 heteroatoms. The highest BCUT2D eigenvalue weighted by Crippen LogP contribution is 2.43. The van der Waals surface area contributed by atoms with Crippen LogP contribution in [0.2, 0.25) is 0 Å².